The highest BCUT2D eigenvalue weighted by atomic mass is 19.4. The zero-order valence-electron chi connectivity index (χ0n) is 16.6. The lowest BCUT2D eigenvalue weighted by molar-refractivity contribution is -0.141. The minimum absolute atomic E-state index is 0.0208. The zero-order chi connectivity index (χ0) is 23.6. The maximum Gasteiger partial charge on any atom is 0.433 e. The standard InChI is InChI=1S/C22H14F5N5O/c23-12-1-6-16(17(24)9-12)18-11-20(32-21(28)31-18)30-13-2-4-14(5-3-13)33-15-7-8-29-19(10-15)22(25,26)27/h1-11H,(H3,28,30,31,32). The van der Waals surface area contributed by atoms with Crippen molar-refractivity contribution in [2.45, 2.75) is 6.18 Å². The normalized spacial score (nSPS) is 11.3. The van der Waals surface area contributed by atoms with Crippen LogP contribution in [0.15, 0.2) is 66.9 Å². The average molecular weight is 459 g/mol. The lowest BCUT2D eigenvalue weighted by atomic mass is 10.1. The van der Waals surface area contributed by atoms with E-state index in [-0.39, 0.29) is 34.5 Å². The number of benzene rings is 2. The maximum absolute atomic E-state index is 14.1. The Morgan fingerprint density at radius 1 is 0.848 bits per heavy atom. The SMILES string of the molecule is Nc1nc(Nc2ccc(Oc3ccnc(C(F)(F)F)c3)cc2)cc(-c2ccc(F)cc2F)n1. The molecule has 0 aliphatic carbocycles. The van der Waals surface area contributed by atoms with Crippen molar-refractivity contribution in [3.05, 3.63) is 84.2 Å². The molecule has 4 rings (SSSR count). The van der Waals surface area contributed by atoms with Crippen LogP contribution < -0.4 is 15.8 Å². The minimum Gasteiger partial charge on any atom is -0.457 e. The van der Waals surface area contributed by atoms with E-state index in [1.807, 2.05) is 0 Å². The van der Waals surface area contributed by atoms with Gasteiger partial charge in [-0.05, 0) is 42.5 Å². The van der Waals surface area contributed by atoms with Crippen molar-refractivity contribution in [1.82, 2.24) is 15.0 Å². The summed E-state index contributed by atoms with van der Waals surface area (Å²) >= 11 is 0. The Bertz CT molecular complexity index is 1300. The third-order valence-electron chi connectivity index (χ3n) is 4.33. The van der Waals surface area contributed by atoms with Crippen molar-refractivity contribution in [3.8, 4) is 22.8 Å². The Morgan fingerprint density at radius 2 is 1.61 bits per heavy atom. The number of ether oxygens (including phenoxy) is 1. The molecule has 0 saturated heterocycles. The lowest BCUT2D eigenvalue weighted by Gasteiger charge is -2.11. The predicted octanol–water partition coefficient (Wildman–Crippen LogP) is 5.95. The van der Waals surface area contributed by atoms with E-state index in [1.54, 1.807) is 12.1 Å². The van der Waals surface area contributed by atoms with Crippen LogP contribution in [0.4, 0.5) is 39.4 Å². The van der Waals surface area contributed by atoms with Crippen LogP contribution in [-0.4, -0.2) is 15.0 Å². The van der Waals surface area contributed by atoms with Crippen molar-refractivity contribution >= 4 is 17.5 Å². The summed E-state index contributed by atoms with van der Waals surface area (Å²) in [5.41, 5.74) is 5.40. The van der Waals surface area contributed by atoms with Gasteiger partial charge in [-0.1, -0.05) is 0 Å². The van der Waals surface area contributed by atoms with Gasteiger partial charge in [-0.3, -0.25) is 4.98 Å². The lowest BCUT2D eigenvalue weighted by Crippen LogP contribution is -2.07. The van der Waals surface area contributed by atoms with Gasteiger partial charge in [0, 0.05) is 35.6 Å². The molecule has 0 amide bonds. The van der Waals surface area contributed by atoms with Crippen LogP contribution in [0.5, 0.6) is 11.5 Å². The number of rotatable bonds is 5. The summed E-state index contributed by atoms with van der Waals surface area (Å²) in [4.78, 5) is 11.3. The number of aromatic nitrogens is 3. The molecule has 0 spiro atoms. The van der Waals surface area contributed by atoms with Crippen LogP contribution in [0.3, 0.4) is 0 Å². The van der Waals surface area contributed by atoms with Crippen molar-refractivity contribution < 1.29 is 26.7 Å². The molecular formula is C22H14F5N5O. The molecule has 0 radical (unpaired) electrons. The van der Waals surface area contributed by atoms with Crippen molar-refractivity contribution in [3.63, 3.8) is 0 Å². The summed E-state index contributed by atoms with van der Waals surface area (Å²) in [5.74, 6) is -1.13. The fourth-order valence-corrected chi connectivity index (χ4v) is 2.89. The number of hydrogen-bond acceptors (Lipinski definition) is 6. The molecule has 6 nitrogen and oxygen atoms in total. The summed E-state index contributed by atoms with van der Waals surface area (Å²) < 4.78 is 71.1. The van der Waals surface area contributed by atoms with Gasteiger partial charge in [-0.25, -0.2) is 13.8 Å². The quantitative estimate of drug-likeness (QED) is 0.359. The third kappa shape index (κ3) is 5.32. The van der Waals surface area contributed by atoms with E-state index in [0.29, 0.717) is 5.69 Å². The second-order valence-electron chi connectivity index (χ2n) is 6.75. The van der Waals surface area contributed by atoms with E-state index < -0.39 is 23.5 Å². The second-order valence-corrected chi connectivity index (χ2v) is 6.75. The van der Waals surface area contributed by atoms with Crippen molar-refractivity contribution in [2.75, 3.05) is 11.1 Å². The molecule has 0 bridgehead atoms. The van der Waals surface area contributed by atoms with E-state index in [9.17, 15) is 22.0 Å². The number of anilines is 3. The smallest absolute Gasteiger partial charge is 0.433 e. The average Bonchev–Trinajstić information content (AvgIpc) is 2.74. The number of halogens is 5. The molecule has 3 N–H and O–H groups in total. The van der Waals surface area contributed by atoms with E-state index >= 15 is 0 Å². The number of nitrogens with one attached hydrogen (secondary N) is 1. The van der Waals surface area contributed by atoms with E-state index in [1.165, 1.54) is 30.3 Å². The number of nitrogen functional groups attached to an aromatic ring is 1. The molecule has 11 heteroatoms. The van der Waals surface area contributed by atoms with Crippen LogP contribution in [0.1, 0.15) is 5.69 Å². The van der Waals surface area contributed by atoms with Crippen molar-refractivity contribution in [2.24, 2.45) is 0 Å². The molecule has 168 valence electrons. The van der Waals surface area contributed by atoms with Gasteiger partial charge in [-0.2, -0.15) is 18.2 Å². The largest absolute Gasteiger partial charge is 0.457 e. The Hall–Kier alpha value is -4.28. The third-order valence-corrected chi connectivity index (χ3v) is 4.33. The van der Waals surface area contributed by atoms with Crippen molar-refractivity contribution in [1.29, 1.82) is 0 Å². The van der Waals surface area contributed by atoms with E-state index in [4.69, 9.17) is 10.5 Å². The second kappa shape index (κ2) is 8.69. The first-order chi connectivity index (χ1) is 15.7. The van der Waals surface area contributed by atoms with Crippen LogP contribution in [0.25, 0.3) is 11.3 Å². The molecular weight excluding hydrogens is 445 g/mol. The summed E-state index contributed by atoms with van der Waals surface area (Å²) in [6.45, 7) is 0. The molecule has 0 aliphatic rings. The van der Waals surface area contributed by atoms with Crippen LogP contribution in [-0.2, 0) is 6.18 Å². The number of nitrogens with two attached hydrogens (primary N) is 1. The molecule has 0 aliphatic heterocycles. The monoisotopic (exact) mass is 459 g/mol. The fourth-order valence-electron chi connectivity index (χ4n) is 2.89. The van der Waals surface area contributed by atoms with E-state index in [2.05, 4.69) is 20.3 Å². The van der Waals surface area contributed by atoms with Crippen LogP contribution in [0.2, 0.25) is 0 Å². The number of pyridine rings is 1. The first-order valence-electron chi connectivity index (χ1n) is 9.35. The molecule has 0 unspecified atom stereocenters. The highest BCUT2D eigenvalue weighted by Crippen LogP contribution is 2.32. The molecule has 0 atom stereocenters. The molecule has 0 fully saturated rings. The topological polar surface area (TPSA) is 86.0 Å². The highest BCUT2D eigenvalue weighted by Gasteiger charge is 2.32. The Balaban J connectivity index is 1.51. The molecule has 2 heterocycles. The first kappa shape index (κ1) is 21.9. The number of alkyl halides is 3. The van der Waals surface area contributed by atoms with Crippen LogP contribution in [0, 0.1) is 11.6 Å². The van der Waals surface area contributed by atoms with Gasteiger partial charge in [-0.15, -0.1) is 0 Å². The van der Waals surface area contributed by atoms with Gasteiger partial charge in [0.25, 0.3) is 0 Å². The molecule has 2 aromatic heterocycles. The Labute approximate surface area is 183 Å². The Morgan fingerprint density at radius 3 is 2.30 bits per heavy atom. The van der Waals surface area contributed by atoms with Gasteiger partial charge in [0.1, 0.15) is 34.6 Å². The molecule has 33 heavy (non-hydrogen) atoms. The van der Waals surface area contributed by atoms with Gasteiger partial charge < -0.3 is 15.8 Å². The Kier molecular flexibility index (Phi) is 5.78. The van der Waals surface area contributed by atoms with Gasteiger partial charge in [0.15, 0.2) is 0 Å². The maximum atomic E-state index is 14.1. The number of nitrogens with zero attached hydrogens (tertiary/aromatic N) is 3. The minimum atomic E-state index is -4.58. The summed E-state index contributed by atoms with van der Waals surface area (Å²) in [7, 11) is 0. The zero-order valence-corrected chi connectivity index (χ0v) is 16.6. The van der Waals surface area contributed by atoms with E-state index in [0.717, 1.165) is 24.4 Å². The van der Waals surface area contributed by atoms with Gasteiger partial charge in [0.2, 0.25) is 5.95 Å². The predicted molar refractivity (Wildman–Crippen MR) is 111 cm³/mol. The molecule has 4 aromatic rings. The molecule has 2 aromatic carbocycles. The number of hydrogen-bond donors (Lipinski definition) is 2. The summed E-state index contributed by atoms with van der Waals surface area (Å²) in [6, 6.07) is 12.9. The highest BCUT2D eigenvalue weighted by molar-refractivity contribution is 5.67. The molecule has 0 saturated carbocycles. The summed E-state index contributed by atoms with van der Waals surface area (Å²) in [5, 5.41) is 2.96. The summed E-state index contributed by atoms with van der Waals surface area (Å²) in [6.07, 6.45) is -3.57. The van der Waals surface area contributed by atoms with Crippen LogP contribution >= 0.6 is 0 Å². The first-order valence-corrected chi connectivity index (χ1v) is 9.35. The van der Waals surface area contributed by atoms with Gasteiger partial charge in [0.05, 0.1) is 5.69 Å². The van der Waals surface area contributed by atoms with Gasteiger partial charge >= 0.3 is 6.18 Å². The fraction of sp³-hybridized carbons (Fsp3) is 0.0455.